The topological polar surface area (TPSA) is 122 Å². The molecule has 1 aromatic heterocycles. The molecular formula is C14H18N4O5S. The van der Waals surface area contributed by atoms with Crippen LogP contribution in [0.2, 0.25) is 0 Å². The Kier molecular flexibility index (Phi) is 4.94. The third-order valence-corrected chi connectivity index (χ3v) is 5.89. The standard InChI is InChI=1S/C14H18N4O5S/c1-3-17-7-10(6-15)13(20)18(14(17)21)8-12(19)16(2)11-4-5-24(22,23)9-11/h7,11H,3-5,8-9H2,1-2H3/t11-/m0/s1. The number of aryl methyl sites for hydroxylation is 1. The molecule has 1 aromatic rings. The molecule has 0 N–H and O–H groups in total. The molecule has 0 unspecified atom stereocenters. The largest absolute Gasteiger partial charge is 0.340 e. The highest BCUT2D eigenvalue weighted by atomic mass is 32.2. The minimum atomic E-state index is -3.16. The van der Waals surface area contributed by atoms with Crippen molar-refractivity contribution in [3.63, 3.8) is 0 Å². The first-order chi connectivity index (χ1) is 11.2. The zero-order valence-electron chi connectivity index (χ0n) is 13.4. The molecule has 0 aliphatic carbocycles. The normalized spacial score (nSPS) is 19.0. The molecule has 0 aromatic carbocycles. The third kappa shape index (κ3) is 3.41. The van der Waals surface area contributed by atoms with Crippen LogP contribution in [0.1, 0.15) is 18.9 Å². The van der Waals surface area contributed by atoms with Gasteiger partial charge in [0.25, 0.3) is 5.56 Å². The molecule has 0 bridgehead atoms. The summed E-state index contributed by atoms with van der Waals surface area (Å²) < 4.78 is 24.9. The predicted molar refractivity (Wildman–Crippen MR) is 85.2 cm³/mol. The van der Waals surface area contributed by atoms with E-state index in [1.807, 2.05) is 0 Å². The maximum absolute atomic E-state index is 12.4. The number of nitrogens with zero attached hydrogens (tertiary/aromatic N) is 4. The maximum atomic E-state index is 12.4. The van der Waals surface area contributed by atoms with Crippen molar-refractivity contribution in [2.75, 3.05) is 18.6 Å². The minimum absolute atomic E-state index is 0.0157. The van der Waals surface area contributed by atoms with Gasteiger partial charge in [0.2, 0.25) is 5.91 Å². The number of amides is 1. The summed E-state index contributed by atoms with van der Waals surface area (Å²) in [5.74, 6) is -0.655. The minimum Gasteiger partial charge on any atom is -0.340 e. The summed E-state index contributed by atoms with van der Waals surface area (Å²) in [5, 5.41) is 8.99. The van der Waals surface area contributed by atoms with E-state index in [0.29, 0.717) is 11.0 Å². The number of carbonyl (C=O) groups is 1. The first kappa shape index (κ1) is 17.9. The van der Waals surface area contributed by atoms with Crippen molar-refractivity contribution >= 4 is 15.7 Å². The fraction of sp³-hybridized carbons (Fsp3) is 0.571. The molecule has 0 radical (unpaired) electrons. The van der Waals surface area contributed by atoms with E-state index in [0.717, 1.165) is 0 Å². The molecular weight excluding hydrogens is 336 g/mol. The lowest BCUT2D eigenvalue weighted by atomic mass is 10.2. The molecule has 0 saturated carbocycles. The number of hydrogen-bond acceptors (Lipinski definition) is 6. The first-order valence-corrected chi connectivity index (χ1v) is 9.22. The average molecular weight is 354 g/mol. The van der Waals surface area contributed by atoms with Gasteiger partial charge in [0.05, 0.1) is 11.5 Å². The Bertz CT molecular complexity index is 922. The van der Waals surface area contributed by atoms with E-state index in [-0.39, 0.29) is 23.6 Å². The van der Waals surface area contributed by atoms with Crippen molar-refractivity contribution in [2.24, 2.45) is 0 Å². The van der Waals surface area contributed by atoms with E-state index in [1.54, 1.807) is 13.0 Å². The van der Waals surface area contributed by atoms with Gasteiger partial charge in [-0.2, -0.15) is 5.26 Å². The summed E-state index contributed by atoms with van der Waals surface area (Å²) in [5.41, 5.74) is -1.73. The van der Waals surface area contributed by atoms with E-state index in [9.17, 15) is 22.8 Å². The first-order valence-electron chi connectivity index (χ1n) is 7.40. The fourth-order valence-corrected chi connectivity index (χ4v) is 4.40. The second-order valence-electron chi connectivity index (χ2n) is 5.68. The molecule has 0 spiro atoms. The number of nitriles is 1. The van der Waals surface area contributed by atoms with E-state index >= 15 is 0 Å². The monoisotopic (exact) mass is 354 g/mol. The molecule has 1 amide bonds. The Hall–Kier alpha value is -2.41. The molecule has 9 nitrogen and oxygen atoms in total. The second-order valence-corrected chi connectivity index (χ2v) is 7.90. The average Bonchev–Trinajstić information content (AvgIpc) is 2.90. The molecule has 10 heteroatoms. The lowest BCUT2D eigenvalue weighted by Gasteiger charge is -2.23. The third-order valence-electron chi connectivity index (χ3n) is 4.14. The molecule has 2 heterocycles. The smallest absolute Gasteiger partial charge is 0.331 e. The van der Waals surface area contributed by atoms with Gasteiger partial charge >= 0.3 is 5.69 Å². The van der Waals surface area contributed by atoms with Gasteiger partial charge in [0.15, 0.2) is 9.84 Å². The van der Waals surface area contributed by atoms with Crippen molar-refractivity contribution < 1.29 is 13.2 Å². The van der Waals surface area contributed by atoms with Crippen molar-refractivity contribution in [3.05, 3.63) is 32.6 Å². The Morgan fingerprint density at radius 3 is 2.62 bits per heavy atom. The molecule has 130 valence electrons. The summed E-state index contributed by atoms with van der Waals surface area (Å²) in [6.45, 7) is 1.40. The summed E-state index contributed by atoms with van der Waals surface area (Å²) in [7, 11) is -1.71. The van der Waals surface area contributed by atoms with Gasteiger partial charge in [-0.25, -0.2) is 17.8 Å². The predicted octanol–water partition coefficient (Wildman–Crippen LogP) is -1.45. The van der Waals surface area contributed by atoms with Gasteiger partial charge in [-0.1, -0.05) is 0 Å². The van der Waals surface area contributed by atoms with Crippen LogP contribution >= 0.6 is 0 Å². The van der Waals surface area contributed by atoms with E-state index in [2.05, 4.69) is 0 Å². The Balaban J connectivity index is 2.31. The van der Waals surface area contributed by atoms with Gasteiger partial charge in [0.1, 0.15) is 18.2 Å². The second kappa shape index (κ2) is 6.60. The van der Waals surface area contributed by atoms with Gasteiger partial charge in [-0.05, 0) is 13.3 Å². The van der Waals surface area contributed by atoms with Crippen LogP contribution in [-0.2, 0) is 27.7 Å². The zero-order chi connectivity index (χ0) is 18.1. The number of sulfone groups is 1. The van der Waals surface area contributed by atoms with Crippen LogP contribution in [0.25, 0.3) is 0 Å². The van der Waals surface area contributed by atoms with Crippen LogP contribution in [-0.4, -0.2) is 53.0 Å². The lowest BCUT2D eigenvalue weighted by Crippen LogP contribution is -2.46. The van der Waals surface area contributed by atoms with Crippen LogP contribution < -0.4 is 11.2 Å². The van der Waals surface area contributed by atoms with E-state index in [4.69, 9.17) is 5.26 Å². The maximum Gasteiger partial charge on any atom is 0.331 e. The lowest BCUT2D eigenvalue weighted by molar-refractivity contribution is -0.132. The molecule has 1 aliphatic heterocycles. The molecule has 2 rings (SSSR count). The quantitative estimate of drug-likeness (QED) is 0.652. The van der Waals surface area contributed by atoms with Crippen LogP contribution in [0.3, 0.4) is 0 Å². The van der Waals surface area contributed by atoms with Crippen LogP contribution in [0.5, 0.6) is 0 Å². The summed E-state index contributed by atoms with van der Waals surface area (Å²) >= 11 is 0. The number of likely N-dealkylation sites (N-methyl/N-ethyl adjacent to an activating group) is 1. The Morgan fingerprint density at radius 2 is 2.12 bits per heavy atom. The van der Waals surface area contributed by atoms with Gasteiger partial charge < -0.3 is 4.90 Å². The van der Waals surface area contributed by atoms with E-state index in [1.165, 1.54) is 22.7 Å². The summed E-state index contributed by atoms with van der Waals surface area (Å²) in [4.78, 5) is 38.0. The highest BCUT2D eigenvalue weighted by Crippen LogP contribution is 2.16. The van der Waals surface area contributed by atoms with Crippen molar-refractivity contribution in [1.29, 1.82) is 5.26 Å². The van der Waals surface area contributed by atoms with Gasteiger partial charge in [-0.15, -0.1) is 0 Å². The SMILES string of the molecule is CCn1cc(C#N)c(=O)n(CC(=O)N(C)[C@H]2CCS(=O)(=O)C2)c1=O. The molecule has 1 aliphatic rings. The zero-order valence-corrected chi connectivity index (χ0v) is 14.2. The van der Waals surface area contributed by atoms with Gasteiger partial charge in [0, 0.05) is 25.8 Å². The summed E-state index contributed by atoms with van der Waals surface area (Å²) in [6, 6.07) is 1.24. The molecule has 1 atom stereocenters. The van der Waals surface area contributed by atoms with Gasteiger partial charge in [-0.3, -0.25) is 14.2 Å². The number of rotatable bonds is 4. The van der Waals surface area contributed by atoms with Crippen molar-refractivity contribution in [1.82, 2.24) is 14.0 Å². The molecule has 1 fully saturated rings. The van der Waals surface area contributed by atoms with Crippen molar-refractivity contribution in [3.8, 4) is 6.07 Å². The number of carbonyl (C=O) groups excluding carboxylic acids is 1. The number of aromatic nitrogens is 2. The highest BCUT2D eigenvalue weighted by molar-refractivity contribution is 7.91. The van der Waals surface area contributed by atoms with Crippen LogP contribution in [0, 0.1) is 11.3 Å². The number of hydrogen-bond donors (Lipinski definition) is 0. The molecule has 1 saturated heterocycles. The van der Waals surface area contributed by atoms with Crippen LogP contribution in [0.15, 0.2) is 15.8 Å². The van der Waals surface area contributed by atoms with Crippen LogP contribution in [0.4, 0.5) is 0 Å². The highest BCUT2D eigenvalue weighted by Gasteiger charge is 2.33. The Labute approximate surface area is 138 Å². The summed E-state index contributed by atoms with van der Waals surface area (Å²) in [6.07, 6.45) is 1.50. The van der Waals surface area contributed by atoms with Crippen molar-refractivity contribution in [2.45, 2.75) is 32.5 Å². The molecule has 24 heavy (non-hydrogen) atoms. The Morgan fingerprint density at radius 1 is 1.46 bits per heavy atom. The van der Waals surface area contributed by atoms with E-state index < -0.39 is 39.6 Å². The fourth-order valence-electron chi connectivity index (χ4n) is 2.63.